The predicted molar refractivity (Wildman–Crippen MR) is 77.3 cm³/mol. The van der Waals surface area contributed by atoms with Crippen molar-refractivity contribution in [1.82, 2.24) is 0 Å². The van der Waals surface area contributed by atoms with Gasteiger partial charge in [0.2, 0.25) is 0 Å². The average Bonchev–Trinajstić information content (AvgIpc) is 2.30. The Kier molecular flexibility index (Phi) is 3.55. The van der Waals surface area contributed by atoms with Crippen molar-refractivity contribution in [3.63, 3.8) is 0 Å². The maximum Gasteiger partial charge on any atom is 0.142 e. The number of methoxy groups -OCH3 is 1. The molecular formula is C13H12Cl2N2O. The molecular weight excluding hydrogens is 271 g/mol. The van der Waals surface area contributed by atoms with E-state index < -0.39 is 0 Å². The number of nitrogens with two attached hydrogens (primary N) is 2. The topological polar surface area (TPSA) is 61.3 Å². The van der Waals surface area contributed by atoms with E-state index in [9.17, 15) is 0 Å². The molecule has 0 aliphatic heterocycles. The number of ether oxygens (including phenoxy) is 1. The number of rotatable bonds is 2. The van der Waals surface area contributed by atoms with Crippen LogP contribution in [0.15, 0.2) is 30.3 Å². The minimum Gasteiger partial charge on any atom is -0.495 e. The third-order valence-electron chi connectivity index (χ3n) is 2.60. The zero-order valence-electron chi connectivity index (χ0n) is 9.71. The van der Waals surface area contributed by atoms with Gasteiger partial charge in [0.15, 0.2) is 0 Å². The summed E-state index contributed by atoms with van der Waals surface area (Å²) in [7, 11) is 1.55. The van der Waals surface area contributed by atoms with Gasteiger partial charge >= 0.3 is 0 Å². The van der Waals surface area contributed by atoms with Gasteiger partial charge in [0.1, 0.15) is 5.75 Å². The zero-order chi connectivity index (χ0) is 13.3. The lowest BCUT2D eigenvalue weighted by molar-refractivity contribution is 0.417. The normalized spacial score (nSPS) is 10.4. The summed E-state index contributed by atoms with van der Waals surface area (Å²) in [5.41, 5.74) is 14.1. The summed E-state index contributed by atoms with van der Waals surface area (Å²) in [5, 5.41) is 1.05. The number of hydrogen-bond donors (Lipinski definition) is 2. The molecule has 0 radical (unpaired) electrons. The van der Waals surface area contributed by atoms with Crippen LogP contribution in [-0.4, -0.2) is 7.11 Å². The first-order valence-electron chi connectivity index (χ1n) is 5.21. The Bertz CT molecular complexity index is 600. The lowest BCUT2D eigenvalue weighted by Crippen LogP contribution is -1.94. The smallest absolute Gasteiger partial charge is 0.142 e. The minimum absolute atomic E-state index is 0.484. The van der Waals surface area contributed by atoms with Crippen molar-refractivity contribution >= 4 is 34.6 Å². The minimum atomic E-state index is 0.484. The van der Waals surface area contributed by atoms with Crippen LogP contribution in [0.1, 0.15) is 0 Å². The molecule has 18 heavy (non-hydrogen) atoms. The van der Waals surface area contributed by atoms with Crippen LogP contribution in [0.4, 0.5) is 11.4 Å². The standard InChI is InChI=1S/C13H12Cl2N2O/c1-18-13-5-9(11(15)6-12(13)17)8-3-2-7(16)4-10(8)14/h2-6H,16-17H2,1H3. The van der Waals surface area contributed by atoms with Crippen LogP contribution in [0.25, 0.3) is 11.1 Å². The van der Waals surface area contributed by atoms with Gasteiger partial charge in [-0.05, 0) is 24.3 Å². The van der Waals surface area contributed by atoms with Crippen molar-refractivity contribution in [2.45, 2.75) is 0 Å². The van der Waals surface area contributed by atoms with Gasteiger partial charge in [0, 0.05) is 16.8 Å². The predicted octanol–water partition coefficient (Wildman–Crippen LogP) is 3.83. The third kappa shape index (κ3) is 2.33. The van der Waals surface area contributed by atoms with Crippen molar-refractivity contribution in [2.75, 3.05) is 18.6 Å². The summed E-state index contributed by atoms with van der Waals surface area (Å²) in [5.74, 6) is 0.558. The van der Waals surface area contributed by atoms with E-state index in [1.165, 1.54) is 0 Å². The Hall–Kier alpha value is -1.58. The van der Waals surface area contributed by atoms with E-state index in [0.717, 1.165) is 11.1 Å². The van der Waals surface area contributed by atoms with E-state index in [1.54, 1.807) is 31.4 Å². The van der Waals surface area contributed by atoms with E-state index in [1.807, 2.05) is 6.07 Å². The number of nitrogen functional groups attached to an aromatic ring is 2. The molecule has 0 unspecified atom stereocenters. The molecule has 2 aromatic carbocycles. The van der Waals surface area contributed by atoms with Gasteiger partial charge < -0.3 is 16.2 Å². The molecule has 0 aliphatic carbocycles. The molecule has 4 N–H and O–H groups in total. The maximum absolute atomic E-state index is 6.18. The van der Waals surface area contributed by atoms with Crippen molar-refractivity contribution < 1.29 is 4.74 Å². The van der Waals surface area contributed by atoms with Crippen LogP contribution in [0.5, 0.6) is 5.75 Å². The first kappa shape index (κ1) is 12.9. The number of benzene rings is 2. The Labute approximate surface area is 115 Å². The monoisotopic (exact) mass is 282 g/mol. The second-order valence-electron chi connectivity index (χ2n) is 3.81. The van der Waals surface area contributed by atoms with Crippen LogP contribution in [0.2, 0.25) is 10.0 Å². The lowest BCUT2D eigenvalue weighted by atomic mass is 10.0. The largest absolute Gasteiger partial charge is 0.495 e. The highest BCUT2D eigenvalue weighted by Gasteiger charge is 2.11. The molecule has 0 atom stereocenters. The summed E-state index contributed by atoms with van der Waals surface area (Å²) >= 11 is 12.3. The van der Waals surface area contributed by atoms with E-state index >= 15 is 0 Å². The van der Waals surface area contributed by atoms with Gasteiger partial charge in [0.05, 0.1) is 22.8 Å². The quantitative estimate of drug-likeness (QED) is 0.823. The summed E-state index contributed by atoms with van der Waals surface area (Å²) in [6.07, 6.45) is 0. The van der Waals surface area contributed by atoms with Gasteiger partial charge in [-0.2, -0.15) is 0 Å². The second-order valence-corrected chi connectivity index (χ2v) is 4.63. The highest BCUT2D eigenvalue weighted by molar-refractivity contribution is 6.36. The first-order valence-corrected chi connectivity index (χ1v) is 5.97. The van der Waals surface area contributed by atoms with Gasteiger partial charge in [-0.1, -0.05) is 29.3 Å². The summed E-state index contributed by atoms with van der Waals surface area (Å²) in [6.45, 7) is 0. The van der Waals surface area contributed by atoms with Crippen LogP contribution in [0, 0.1) is 0 Å². The summed E-state index contributed by atoms with van der Waals surface area (Å²) in [4.78, 5) is 0. The fourth-order valence-corrected chi connectivity index (χ4v) is 2.27. The Balaban J connectivity index is 2.63. The van der Waals surface area contributed by atoms with Gasteiger partial charge in [0.25, 0.3) is 0 Å². The van der Waals surface area contributed by atoms with Gasteiger partial charge in [-0.25, -0.2) is 0 Å². The molecule has 0 saturated carbocycles. The zero-order valence-corrected chi connectivity index (χ0v) is 11.2. The van der Waals surface area contributed by atoms with Crippen molar-refractivity contribution in [2.24, 2.45) is 0 Å². The number of hydrogen-bond acceptors (Lipinski definition) is 3. The highest BCUT2D eigenvalue weighted by Crippen LogP contribution is 2.39. The van der Waals surface area contributed by atoms with E-state index in [0.29, 0.717) is 27.2 Å². The molecule has 3 nitrogen and oxygen atoms in total. The summed E-state index contributed by atoms with van der Waals surface area (Å²) < 4.78 is 5.17. The second kappa shape index (κ2) is 4.96. The molecule has 94 valence electrons. The fourth-order valence-electron chi connectivity index (χ4n) is 1.70. The van der Waals surface area contributed by atoms with E-state index in [-0.39, 0.29) is 0 Å². The molecule has 0 spiro atoms. The number of anilines is 2. The SMILES string of the molecule is COc1cc(-c2ccc(N)cc2Cl)c(Cl)cc1N. The molecule has 2 aromatic rings. The van der Waals surface area contributed by atoms with Crippen LogP contribution < -0.4 is 16.2 Å². The van der Waals surface area contributed by atoms with Crippen molar-refractivity contribution in [3.8, 4) is 16.9 Å². The lowest BCUT2D eigenvalue weighted by Gasteiger charge is -2.11. The molecule has 0 aliphatic rings. The van der Waals surface area contributed by atoms with Crippen molar-refractivity contribution in [1.29, 1.82) is 0 Å². The average molecular weight is 283 g/mol. The molecule has 2 rings (SSSR count). The first-order chi connectivity index (χ1) is 8.52. The third-order valence-corrected chi connectivity index (χ3v) is 3.23. The molecule has 0 saturated heterocycles. The maximum atomic E-state index is 6.18. The van der Waals surface area contributed by atoms with Gasteiger partial charge in [-0.15, -0.1) is 0 Å². The van der Waals surface area contributed by atoms with Crippen LogP contribution >= 0.6 is 23.2 Å². The Morgan fingerprint density at radius 3 is 2.22 bits per heavy atom. The van der Waals surface area contributed by atoms with Crippen LogP contribution in [0.3, 0.4) is 0 Å². The Morgan fingerprint density at radius 1 is 0.944 bits per heavy atom. The number of halogens is 2. The Morgan fingerprint density at radius 2 is 1.61 bits per heavy atom. The van der Waals surface area contributed by atoms with Crippen LogP contribution in [-0.2, 0) is 0 Å². The van der Waals surface area contributed by atoms with E-state index in [2.05, 4.69) is 0 Å². The molecule has 0 amide bonds. The summed E-state index contributed by atoms with van der Waals surface area (Å²) in [6, 6.07) is 8.66. The molecule has 0 bridgehead atoms. The van der Waals surface area contributed by atoms with Crippen molar-refractivity contribution in [3.05, 3.63) is 40.4 Å². The highest BCUT2D eigenvalue weighted by atomic mass is 35.5. The molecule has 0 aromatic heterocycles. The molecule has 5 heteroatoms. The molecule has 0 fully saturated rings. The fraction of sp³-hybridized carbons (Fsp3) is 0.0769. The van der Waals surface area contributed by atoms with Gasteiger partial charge in [-0.3, -0.25) is 0 Å². The van der Waals surface area contributed by atoms with E-state index in [4.69, 9.17) is 39.4 Å². The molecule has 0 heterocycles.